The summed E-state index contributed by atoms with van der Waals surface area (Å²) < 4.78 is 17.2. The molecule has 4 heteroatoms. The highest BCUT2D eigenvalue weighted by atomic mass is 19.1. The third-order valence-electron chi connectivity index (χ3n) is 2.32. The monoisotopic (exact) mass is 237 g/mol. The minimum absolute atomic E-state index is 0.209. The molecule has 1 unspecified atom stereocenters. The second kappa shape index (κ2) is 6.81. The Morgan fingerprint density at radius 3 is 2.71 bits per heavy atom. The highest BCUT2D eigenvalue weighted by Gasteiger charge is 2.03. The summed E-state index contributed by atoms with van der Waals surface area (Å²) >= 11 is 0. The van der Waals surface area contributed by atoms with E-state index >= 15 is 0 Å². The Morgan fingerprint density at radius 2 is 2.12 bits per heavy atom. The molecule has 1 aromatic carbocycles. The van der Waals surface area contributed by atoms with Crippen LogP contribution in [0, 0.1) is 5.82 Å². The van der Waals surface area contributed by atoms with E-state index in [4.69, 9.17) is 5.73 Å². The highest BCUT2D eigenvalue weighted by Crippen LogP contribution is 2.06. The van der Waals surface area contributed by atoms with Gasteiger partial charge in [-0.3, -0.25) is 4.79 Å². The number of esters is 1. The largest absolute Gasteiger partial charge is 0.469 e. The van der Waals surface area contributed by atoms with Crippen LogP contribution in [0.3, 0.4) is 0 Å². The molecule has 0 aromatic heterocycles. The van der Waals surface area contributed by atoms with E-state index in [0.29, 0.717) is 12.8 Å². The van der Waals surface area contributed by atoms with Crippen LogP contribution in [0.15, 0.2) is 30.3 Å². The van der Waals surface area contributed by atoms with Crippen LogP contribution in [-0.4, -0.2) is 19.1 Å². The lowest BCUT2D eigenvalue weighted by atomic mass is 10.1. The zero-order valence-electron chi connectivity index (χ0n) is 9.73. The van der Waals surface area contributed by atoms with Gasteiger partial charge in [-0.05, 0) is 24.1 Å². The van der Waals surface area contributed by atoms with Crippen molar-refractivity contribution in [3.8, 4) is 0 Å². The Balaban J connectivity index is 2.42. The summed E-state index contributed by atoms with van der Waals surface area (Å²) in [6.45, 7) is 0. The lowest BCUT2D eigenvalue weighted by Gasteiger charge is -2.04. The number of methoxy groups -OCH3 is 1. The Kier molecular flexibility index (Phi) is 5.36. The molecule has 3 nitrogen and oxygen atoms in total. The van der Waals surface area contributed by atoms with E-state index in [2.05, 4.69) is 4.74 Å². The van der Waals surface area contributed by atoms with Gasteiger partial charge in [0.2, 0.25) is 0 Å². The van der Waals surface area contributed by atoms with Crippen LogP contribution in [0.5, 0.6) is 0 Å². The van der Waals surface area contributed by atoms with E-state index < -0.39 is 0 Å². The van der Waals surface area contributed by atoms with E-state index in [1.807, 2.05) is 0 Å². The Bertz CT molecular complexity index is 387. The molecule has 0 spiro atoms. The molecule has 1 rings (SSSR count). The fourth-order valence-electron chi connectivity index (χ4n) is 1.29. The van der Waals surface area contributed by atoms with Gasteiger partial charge in [-0.1, -0.05) is 24.3 Å². The summed E-state index contributed by atoms with van der Waals surface area (Å²) in [6.07, 6.45) is 4.42. The molecule has 0 saturated carbocycles. The fraction of sp³-hybridized carbons (Fsp3) is 0.308. The topological polar surface area (TPSA) is 52.3 Å². The zero-order valence-corrected chi connectivity index (χ0v) is 9.73. The molecule has 2 N–H and O–H groups in total. The van der Waals surface area contributed by atoms with Crippen LogP contribution in [0.1, 0.15) is 18.4 Å². The summed E-state index contributed by atoms with van der Waals surface area (Å²) in [7, 11) is 1.35. The van der Waals surface area contributed by atoms with Crippen molar-refractivity contribution in [1.82, 2.24) is 0 Å². The predicted octanol–water partition coefficient (Wildman–Crippen LogP) is 2.12. The van der Waals surface area contributed by atoms with Gasteiger partial charge in [-0.15, -0.1) is 0 Å². The molecule has 0 radical (unpaired) electrons. The number of nitrogens with two attached hydrogens (primary N) is 1. The van der Waals surface area contributed by atoms with Crippen molar-refractivity contribution in [1.29, 1.82) is 0 Å². The molecule has 0 heterocycles. The van der Waals surface area contributed by atoms with Gasteiger partial charge in [0.1, 0.15) is 5.82 Å². The number of rotatable bonds is 5. The lowest BCUT2D eigenvalue weighted by Crippen LogP contribution is -2.18. The fourth-order valence-corrected chi connectivity index (χ4v) is 1.29. The van der Waals surface area contributed by atoms with E-state index in [1.54, 1.807) is 24.3 Å². The van der Waals surface area contributed by atoms with Crippen molar-refractivity contribution in [2.24, 2.45) is 5.73 Å². The van der Waals surface area contributed by atoms with Crippen molar-refractivity contribution < 1.29 is 13.9 Å². The van der Waals surface area contributed by atoms with Gasteiger partial charge < -0.3 is 10.5 Å². The zero-order chi connectivity index (χ0) is 12.7. The number of benzene rings is 1. The molecule has 0 amide bonds. The van der Waals surface area contributed by atoms with Gasteiger partial charge in [-0.25, -0.2) is 4.39 Å². The number of carbonyl (C=O) groups is 1. The first-order valence-corrected chi connectivity index (χ1v) is 5.38. The Morgan fingerprint density at radius 1 is 1.47 bits per heavy atom. The second-order valence-electron chi connectivity index (χ2n) is 3.69. The molecule has 0 bridgehead atoms. The first kappa shape index (κ1) is 13.4. The third-order valence-corrected chi connectivity index (χ3v) is 2.32. The smallest absolute Gasteiger partial charge is 0.305 e. The number of hydrogen-bond donors (Lipinski definition) is 1. The minimum atomic E-state index is -0.268. The summed E-state index contributed by atoms with van der Waals surface area (Å²) in [5, 5.41) is 0. The molecule has 0 aliphatic rings. The standard InChI is InChI=1S/C13H16FNO2/c1-17-13(16)9-8-12(15)7-4-10-2-5-11(14)6-3-10/h2-7,12H,8-9,15H2,1H3/b7-4+. The number of hydrogen-bond acceptors (Lipinski definition) is 3. The van der Waals surface area contributed by atoms with Crippen molar-refractivity contribution in [2.45, 2.75) is 18.9 Å². The normalized spacial score (nSPS) is 12.6. The van der Waals surface area contributed by atoms with Crippen molar-refractivity contribution in [3.63, 3.8) is 0 Å². The predicted molar refractivity (Wildman–Crippen MR) is 64.7 cm³/mol. The van der Waals surface area contributed by atoms with Gasteiger partial charge in [0.15, 0.2) is 0 Å². The Hall–Kier alpha value is -1.68. The van der Waals surface area contributed by atoms with Gasteiger partial charge in [-0.2, -0.15) is 0 Å². The highest BCUT2D eigenvalue weighted by molar-refractivity contribution is 5.69. The van der Waals surface area contributed by atoms with Gasteiger partial charge in [0, 0.05) is 12.5 Å². The molecular formula is C13H16FNO2. The van der Waals surface area contributed by atoms with Crippen LogP contribution >= 0.6 is 0 Å². The van der Waals surface area contributed by atoms with E-state index in [0.717, 1.165) is 5.56 Å². The van der Waals surface area contributed by atoms with E-state index in [1.165, 1.54) is 19.2 Å². The van der Waals surface area contributed by atoms with Crippen molar-refractivity contribution >= 4 is 12.0 Å². The molecule has 0 aliphatic heterocycles. The van der Waals surface area contributed by atoms with Gasteiger partial charge >= 0.3 is 5.97 Å². The summed E-state index contributed by atoms with van der Waals surface area (Å²) in [5.41, 5.74) is 6.66. The quantitative estimate of drug-likeness (QED) is 0.798. The van der Waals surface area contributed by atoms with Crippen LogP contribution in [0.4, 0.5) is 4.39 Å². The first-order valence-electron chi connectivity index (χ1n) is 5.38. The molecule has 0 aliphatic carbocycles. The molecule has 17 heavy (non-hydrogen) atoms. The van der Waals surface area contributed by atoms with Crippen LogP contribution in [-0.2, 0) is 9.53 Å². The molecule has 92 valence electrons. The van der Waals surface area contributed by atoms with Crippen molar-refractivity contribution in [2.75, 3.05) is 7.11 Å². The lowest BCUT2D eigenvalue weighted by molar-refractivity contribution is -0.140. The first-order chi connectivity index (χ1) is 8.11. The molecule has 1 aromatic rings. The third kappa shape index (κ3) is 5.26. The van der Waals surface area contributed by atoms with Crippen LogP contribution in [0.25, 0.3) is 6.08 Å². The van der Waals surface area contributed by atoms with E-state index in [-0.39, 0.29) is 17.8 Å². The number of carbonyl (C=O) groups excluding carboxylic acids is 1. The summed E-state index contributed by atoms with van der Waals surface area (Å²) in [6, 6.07) is 5.90. The number of halogens is 1. The van der Waals surface area contributed by atoms with E-state index in [9.17, 15) is 9.18 Å². The SMILES string of the molecule is COC(=O)CCC(N)/C=C/c1ccc(F)cc1. The molecular weight excluding hydrogens is 221 g/mol. The summed E-state index contributed by atoms with van der Waals surface area (Å²) in [5.74, 6) is -0.534. The maximum Gasteiger partial charge on any atom is 0.305 e. The van der Waals surface area contributed by atoms with Crippen LogP contribution in [0.2, 0.25) is 0 Å². The summed E-state index contributed by atoms with van der Waals surface area (Å²) in [4.78, 5) is 10.9. The molecule has 1 atom stereocenters. The minimum Gasteiger partial charge on any atom is -0.469 e. The number of ether oxygens (including phenoxy) is 1. The Labute approximate surface area is 100 Å². The average Bonchev–Trinajstić information content (AvgIpc) is 2.35. The molecule has 0 fully saturated rings. The maximum absolute atomic E-state index is 12.6. The average molecular weight is 237 g/mol. The van der Waals surface area contributed by atoms with Crippen molar-refractivity contribution in [3.05, 3.63) is 41.7 Å². The molecule has 0 saturated heterocycles. The maximum atomic E-state index is 12.6. The van der Waals surface area contributed by atoms with Crippen LogP contribution < -0.4 is 5.73 Å². The van der Waals surface area contributed by atoms with Gasteiger partial charge in [0.25, 0.3) is 0 Å². The second-order valence-corrected chi connectivity index (χ2v) is 3.69. The van der Waals surface area contributed by atoms with Gasteiger partial charge in [0.05, 0.1) is 7.11 Å².